The van der Waals surface area contributed by atoms with Gasteiger partial charge in [-0.1, -0.05) is 0 Å². The molecule has 0 atom stereocenters. The molecule has 0 saturated heterocycles. The van der Waals surface area contributed by atoms with E-state index in [2.05, 4.69) is 4.74 Å². The number of fused-ring (bicyclic) bond motifs is 1. The molecule has 0 unspecified atom stereocenters. The Labute approximate surface area is 85.5 Å². The van der Waals surface area contributed by atoms with Crippen LogP contribution in [0.3, 0.4) is 0 Å². The van der Waals surface area contributed by atoms with Crippen molar-refractivity contribution >= 4 is 11.9 Å². The van der Waals surface area contributed by atoms with Gasteiger partial charge in [-0.05, 0) is 12.1 Å². The number of rotatable bonds is 2. The lowest BCUT2D eigenvalue weighted by molar-refractivity contribution is 0.0442. The molecule has 2 rings (SSSR count). The number of benzene rings is 1. The van der Waals surface area contributed by atoms with Gasteiger partial charge in [0.25, 0.3) is 0 Å². The van der Waals surface area contributed by atoms with Crippen molar-refractivity contribution in [2.75, 3.05) is 14.2 Å². The molecule has 0 amide bonds. The number of hydrogen-bond donors (Lipinski definition) is 0. The van der Waals surface area contributed by atoms with Gasteiger partial charge in [0.05, 0.1) is 19.8 Å². The molecule has 0 bridgehead atoms. The van der Waals surface area contributed by atoms with Crippen LogP contribution in [0.25, 0.3) is 0 Å². The molecule has 15 heavy (non-hydrogen) atoms. The van der Waals surface area contributed by atoms with Crippen LogP contribution in [0, 0.1) is 0 Å². The number of esters is 2. The first-order valence-electron chi connectivity index (χ1n) is 4.20. The second kappa shape index (κ2) is 3.27. The van der Waals surface area contributed by atoms with E-state index < -0.39 is 11.9 Å². The van der Waals surface area contributed by atoms with Crippen molar-refractivity contribution in [3.05, 3.63) is 23.3 Å². The van der Waals surface area contributed by atoms with E-state index in [1.807, 2.05) is 0 Å². The lowest BCUT2D eigenvalue weighted by Gasteiger charge is -2.08. The number of methoxy groups -OCH3 is 2. The summed E-state index contributed by atoms with van der Waals surface area (Å²) in [5.41, 5.74) is 0.333. The maximum atomic E-state index is 11.3. The van der Waals surface area contributed by atoms with Gasteiger partial charge in [-0.3, -0.25) is 0 Å². The van der Waals surface area contributed by atoms with Crippen LogP contribution in [0.4, 0.5) is 0 Å². The van der Waals surface area contributed by atoms with Gasteiger partial charge >= 0.3 is 11.9 Å². The molecule has 0 aliphatic carbocycles. The second-order valence-corrected chi connectivity index (χ2v) is 2.90. The molecule has 0 aromatic heterocycles. The summed E-state index contributed by atoms with van der Waals surface area (Å²) >= 11 is 0. The first-order chi connectivity index (χ1) is 7.19. The van der Waals surface area contributed by atoms with E-state index in [0.717, 1.165) is 0 Å². The Morgan fingerprint density at radius 2 is 1.80 bits per heavy atom. The van der Waals surface area contributed by atoms with Crippen LogP contribution >= 0.6 is 0 Å². The predicted octanol–water partition coefficient (Wildman–Crippen LogP) is 1.01. The third kappa shape index (κ3) is 1.24. The fourth-order valence-electron chi connectivity index (χ4n) is 1.49. The second-order valence-electron chi connectivity index (χ2n) is 2.90. The SMILES string of the molecule is COc1ccc2c(c1OC)C(=O)OC2=O. The highest BCUT2D eigenvalue weighted by atomic mass is 16.6. The molecule has 0 saturated carbocycles. The van der Waals surface area contributed by atoms with Gasteiger partial charge in [-0.15, -0.1) is 0 Å². The zero-order chi connectivity index (χ0) is 11.0. The Bertz CT molecular complexity index is 449. The van der Waals surface area contributed by atoms with E-state index in [4.69, 9.17) is 9.47 Å². The van der Waals surface area contributed by atoms with Crippen LogP contribution in [-0.2, 0) is 4.74 Å². The Morgan fingerprint density at radius 1 is 1.07 bits per heavy atom. The average Bonchev–Trinajstić information content (AvgIpc) is 2.53. The minimum absolute atomic E-state index is 0.127. The topological polar surface area (TPSA) is 61.8 Å². The van der Waals surface area contributed by atoms with Gasteiger partial charge in [0.2, 0.25) is 0 Å². The van der Waals surface area contributed by atoms with Gasteiger partial charge in [0, 0.05) is 0 Å². The molecule has 1 aromatic carbocycles. The predicted molar refractivity (Wildman–Crippen MR) is 49.3 cm³/mol. The molecule has 5 nitrogen and oxygen atoms in total. The summed E-state index contributed by atoms with van der Waals surface area (Å²) in [6, 6.07) is 3.03. The molecule has 0 spiro atoms. The Hall–Kier alpha value is -2.04. The van der Waals surface area contributed by atoms with E-state index >= 15 is 0 Å². The van der Waals surface area contributed by atoms with Crippen molar-refractivity contribution in [1.82, 2.24) is 0 Å². The molecule has 0 N–H and O–H groups in total. The summed E-state index contributed by atoms with van der Waals surface area (Å²) in [6.07, 6.45) is 0. The monoisotopic (exact) mass is 208 g/mol. The summed E-state index contributed by atoms with van der Waals surface area (Å²) in [4.78, 5) is 22.5. The highest BCUT2D eigenvalue weighted by Gasteiger charge is 2.34. The van der Waals surface area contributed by atoms with Gasteiger partial charge in [-0.2, -0.15) is 0 Å². The van der Waals surface area contributed by atoms with Crippen molar-refractivity contribution < 1.29 is 23.8 Å². The van der Waals surface area contributed by atoms with Crippen LogP contribution in [-0.4, -0.2) is 26.2 Å². The van der Waals surface area contributed by atoms with Crippen molar-refractivity contribution in [2.24, 2.45) is 0 Å². The normalized spacial score (nSPS) is 13.5. The fraction of sp³-hybridized carbons (Fsp3) is 0.200. The van der Waals surface area contributed by atoms with Crippen molar-refractivity contribution in [3.63, 3.8) is 0 Å². The number of carbonyl (C=O) groups is 2. The minimum Gasteiger partial charge on any atom is -0.493 e. The highest BCUT2D eigenvalue weighted by molar-refractivity contribution is 6.16. The Balaban J connectivity index is 2.70. The highest BCUT2D eigenvalue weighted by Crippen LogP contribution is 2.36. The molecule has 1 aromatic rings. The Morgan fingerprint density at radius 3 is 2.40 bits per heavy atom. The largest absolute Gasteiger partial charge is 0.493 e. The van der Waals surface area contributed by atoms with Crippen LogP contribution in [0.2, 0.25) is 0 Å². The van der Waals surface area contributed by atoms with Crippen molar-refractivity contribution in [2.45, 2.75) is 0 Å². The molecule has 0 radical (unpaired) electrons. The molecule has 78 valence electrons. The molecule has 5 heteroatoms. The van der Waals surface area contributed by atoms with Crippen LogP contribution < -0.4 is 9.47 Å². The van der Waals surface area contributed by atoms with Gasteiger partial charge in [0.1, 0.15) is 5.56 Å². The van der Waals surface area contributed by atoms with Crippen LogP contribution in [0.15, 0.2) is 12.1 Å². The minimum atomic E-state index is -0.703. The summed E-state index contributed by atoms with van der Waals surface area (Å²) in [7, 11) is 2.85. The number of hydrogen-bond acceptors (Lipinski definition) is 5. The van der Waals surface area contributed by atoms with E-state index in [-0.39, 0.29) is 16.9 Å². The number of ether oxygens (including phenoxy) is 3. The van der Waals surface area contributed by atoms with Crippen LogP contribution in [0.5, 0.6) is 11.5 Å². The summed E-state index contributed by atoms with van der Waals surface area (Å²) < 4.78 is 14.5. The summed E-state index contributed by atoms with van der Waals surface area (Å²) in [5.74, 6) is -0.740. The summed E-state index contributed by atoms with van der Waals surface area (Å²) in [6.45, 7) is 0. The molecule has 0 fully saturated rings. The first kappa shape index (κ1) is 9.51. The zero-order valence-corrected chi connectivity index (χ0v) is 8.20. The lowest BCUT2D eigenvalue weighted by atomic mass is 10.1. The van der Waals surface area contributed by atoms with E-state index in [1.165, 1.54) is 20.3 Å². The van der Waals surface area contributed by atoms with Crippen molar-refractivity contribution in [1.29, 1.82) is 0 Å². The lowest BCUT2D eigenvalue weighted by Crippen LogP contribution is -2.00. The fourth-order valence-corrected chi connectivity index (χ4v) is 1.49. The van der Waals surface area contributed by atoms with Gasteiger partial charge in [0.15, 0.2) is 11.5 Å². The average molecular weight is 208 g/mol. The van der Waals surface area contributed by atoms with E-state index in [1.54, 1.807) is 6.07 Å². The van der Waals surface area contributed by atoms with Gasteiger partial charge in [-0.25, -0.2) is 9.59 Å². The maximum Gasteiger partial charge on any atom is 0.350 e. The maximum absolute atomic E-state index is 11.3. The standard InChI is InChI=1S/C10H8O5/c1-13-6-4-3-5-7(8(6)14-2)10(12)15-9(5)11/h3-4H,1-2H3. The van der Waals surface area contributed by atoms with E-state index in [0.29, 0.717) is 5.75 Å². The third-order valence-corrected chi connectivity index (χ3v) is 2.16. The Kier molecular flexibility index (Phi) is 2.07. The molecule has 1 aliphatic heterocycles. The third-order valence-electron chi connectivity index (χ3n) is 2.16. The van der Waals surface area contributed by atoms with E-state index in [9.17, 15) is 9.59 Å². The zero-order valence-electron chi connectivity index (χ0n) is 8.20. The number of cyclic esters (lactones) is 2. The quantitative estimate of drug-likeness (QED) is 0.536. The molecule has 1 aliphatic rings. The molecule has 1 heterocycles. The summed E-state index contributed by atoms with van der Waals surface area (Å²) in [5, 5.41) is 0. The first-order valence-corrected chi connectivity index (χ1v) is 4.20. The smallest absolute Gasteiger partial charge is 0.350 e. The van der Waals surface area contributed by atoms with Crippen LogP contribution in [0.1, 0.15) is 20.7 Å². The number of carbonyl (C=O) groups excluding carboxylic acids is 2. The molecular weight excluding hydrogens is 200 g/mol. The van der Waals surface area contributed by atoms with Crippen molar-refractivity contribution in [3.8, 4) is 11.5 Å². The molecular formula is C10H8O5. The van der Waals surface area contributed by atoms with Gasteiger partial charge < -0.3 is 14.2 Å².